The molecule has 2 aliphatic rings. The topological polar surface area (TPSA) is 52.6 Å². The van der Waals surface area contributed by atoms with Crippen LogP contribution in [0.2, 0.25) is 0 Å². The van der Waals surface area contributed by atoms with Gasteiger partial charge in [-0.15, -0.1) is 0 Å². The third-order valence-electron chi connectivity index (χ3n) is 1.61. The van der Waals surface area contributed by atoms with E-state index in [1.165, 1.54) is 0 Å². The van der Waals surface area contributed by atoms with Gasteiger partial charge in [0.2, 0.25) is 11.5 Å². The molecule has 0 spiro atoms. The second kappa shape index (κ2) is 7.82. The summed E-state index contributed by atoms with van der Waals surface area (Å²) in [5.74, 6) is -1.49. The fourth-order valence-corrected chi connectivity index (χ4v) is 0.843. The van der Waals surface area contributed by atoms with Gasteiger partial charge in [0.25, 0.3) is 0 Å². The normalized spacial score (nSPS) is 11.4. The van der Waals surface area contributed by atoms with E-state index in [0.29, 0.717) is 0 Å². The second-order valence-corrected chi connectivity index (χ2v) is 2.91. The van der Waals surface area contributed by atoms with Gasteiger partial charge in [-0.3, -0.25) is 0 Å². The number of allylic oxidation sites excluding steroid dienone is 2. The Bertz CT molecular complexity index is 682. The van der Waals surface area contributed by atoms with Crippen LogP contribution in [0, 0.1) is 12.2 Å². The molecule has 0 saturated carbocycles. The van der Waals surface area contributed by atoms with E-state index in [2.05, 4.69) is 59.7 Å². The van der Waals surface area contributed by atoms with Crippen LogP contribution in [-0.4, -0.2) is 11.9 Å². The molecule has 0 aliphatic heterocycles. The first kappa shape index (κ1) is 14.6. The molecule has 0 N–H and O–H groups in total. The van der Waals surface area contributed by atoms with E-state index in [0.717, 1.165) is 12.2 Å². The molecule has 0 aromatic heterocycles. The van der Waals surface area contributed by atoms with Gasteiger partial charge >= 0.3 is 11.9 Å². The zero-order valence-electron chi connectivity index (χ0n) is 10.2. The van der Waals surface area contributed by atoms with E-state index >= 15 is 0 Å². The largest absolute Gasteiger partial charge is 0.409 e. The molecule has 0 heterocycles. The highest BCUT2D eigenvalue weighted by Gasteiger charge is 2.15. The van der Waals surface area contributed by atoms with Crippen LogP contribution in [0.25, 0.3) is 0 Å². The fourth-order valence-electron chi connectivity index (χ4n) is 0.843. The Morgan fingerprint density at radius 3 is 1.55 bits per heavy atom. The van der Waals surface area contributed by atoms with E-state index < -0.39 is 11.9 Å². The van der Waals surface area contributed by atoms with E-state index in [4.69, 9.17) is 9.47 Å². The van der Waals surface area contributed by atoms with Crippen molar-refractivity contribution in [1.82, 2.24) is 0 Å². The molecule has 0 saturated heterocycles. The number of hydrogen-bond donors (Lipinski definition) is 0. The predicted molar refractivity (Wildman–Crippen MR) is 67.2 cm³/mol. The van der Waals surface area contributed by atoms with Crippen molar-refractivity contribution in [3.05, 3.63) is 83.4 Å². The summed E-state index contributed by atoms with van der Waals surface area (Å²) in [6.45, 7) is 6.43. The summed E-state index contributed by atoms with van der Waals surface area (Å²) in [6.07, 6.45) is 6.94. The predicted octanol–water partition coefficient (Wildman–Crippen LogP) is 1.76. The van der Waals surface area contributed by atoms with Crippen molar-refractivity contribution in [1.29, 1.82) is 0 Å². The molecule has 20 heavy (non-hydrogen) atoms. The van der Waals surface area contributed by atoms with Crippen LogP contribution >= 0.6 is 0 Å². The van der Waals surface area contributed by atoms with Crippen LogP contribution in [-0.2, 0) is 19.1 Å². The Morgan fingerprint density at radius 1 is 0.800 bits per heavy atom. The molecule has 0 aromatic carbocycles. The third-order valence-corrected chi connectivity index (χ3v) is 1.61. The van der Waals surface area contributed by atoms with E-state index in [1.807, 2.05) is 0 Å². The van der Waals surface area contributed by atoms with Crippen molar-refractivity contribution in [3.8, 4) is 0 Å². The highest BCUT2D eigenvalue weighted by Crippen LogP contribution is 2.14. The molecule has 0 bridgehead atoms. The molecular formula is C16H6O4. The molecule has 0 fully saturated rings. The standard InChI is InChI=1S/C11H6O4.C5/c1-3-10(12)14-8-6-5-7-9(8)15-11(13)4-2;1-2-4-5-3-1/h3-4H,1-2H2;. The van der Waals surface area contributed by atoms with Gasteiger partial charge < -0.3 is 9.47 Å². The molecule has 2 radical (unpaired) electrons. The van der Waals surface area contributed by atoms with Crippen LogP contribution in [0.4, 0.5) is 0 Å². The van der Waals surface area contributed by atoms with Gasteiger partial charge in [-0.05, 0) is 22.9 Å². The summed E-state index contributed by atoms with van der Waals surface area (Å²) in [6, 6.07) is 0. The van der Waals surface area contributed by atoms with E-state index in [-0.39, 0.29) is 11.5 Å². The average Bonchev–Trinajstić information content (AvgIpc) is 3.14. The van der Waals surface area contributed by atoms with Gasteiger partial charge in [-0.1, -0.05) is 24.6 Å². The fraction of sp³-hybridized carbons (Fsp3) is 0. The Morgan fingerprint density at radius 2 is 1.25 bits per heavy atom. The van der Waals surface area contributed by atoms with Crippen molar-refractivity contribution < 1.29 is 19.1 Å². The zero-order valence-corrected chi connectivity index (χ0v) is 10.2. The summed E-state index contributed by atoms with van der Waals surface area (Å²) >= 11 is 0. The lowest BCUT2D eigenvalue weighted by Crippen LogP contribution is -2.06. The molecule has 0 unspecified atom stereocenters. The van der Waals surface area contributed by atoms with Crippen LogP contribution in [0.15, 0.2) is 71.2 Å². The highest BCUT2D eigenvalue weighted by atomic mass is 16.6. The summed E-state index contributed by atoms with van der Waals surface area (Å²) in [7, 11) is 0. The molecule has 2 aliphatic carbocycles. The number of carbonyl (C=O) groups is 2. The van der Waals surface area contributed by atoms with Gasteiger partial charge in [0, 0.05) is 12.2 Å². The average molecular weight is 262 g/mol. The van der Waals surface area contributed by atoms with Gasteiger partial charge in [0.1, 0.15) is 0 Å². The summed E-state index contributed by atoms with van der Waals surface area (Å²) < 4.78 is 9.39. The van der Waals surface area contributed by atoms with Crippen LogP contribution in [0.3, 0.4) is 0 Å². The number of rotatable bonds is 4. The van der Waals surface area contributed by atoms with Gasteiger partial charge in [-0.2, -0.15) is 0 Å². The minimum absolute atomic E-state index is 0.0601. The van der Waals surface area contributed by atoms with Crippen molar-refractivity contribution >= 4 is 11.9 Å². The number of esters is 2. The first-order valence-corrected chi connectivity index (χ1v) is 5.12. The molecule has 0 aromatic rings. The smallest absolute Gasteiger partial charge is 0.336 e. The first-order chi connectivity index (χ1) is 9.67. The van der Waals surface area contributed by atoms with Gasteiger partial charge in [0.05, 0.1) is 12.2 Å². The van der Waals surface area contributed by atoms with Gasteiger partial charge in [-0.25, -0.2) is 9.59 Å². The molecule has 94 valence electrons. The Labute approximate surface area is 115 Å². The van der Waals surface area contributed by atoms with Crippen LogP contribution in [0.1, 0.15) is 0 Å². The molecule has 0 atom stereocenters. The summed E-state index contributed by atoms with van der Waals surface area (Å²) in [4.78, 5) is 21.7. The Balaban J connectivity index is 0.000000333. The first-order valence-electron chi connectivity index (χ1n) is 5.12. The number of hydrogen-bond acceptors (Lipinski definition) is 4. The minimum atomic E-state index is -0.685. The third kappa shape index (κ3) is 4.84. The molecular weight excluding hydrogens is 256 g/mol. The minimum Gasteiger partial charge on any atom is -0.409 e. The van der Waals surface area contributed by atoms with Crippen LogP contribution < -0.4 is 0 Å². The zero-order chi connectivity index (χ0) is 14.8. The lowest BCUT2D eigenvalue weighted by Gasteiger charge is -2.04. The maximum Gasteiger partial charge on any atom is 0.336 e. The molecule has 4 nitrogen and oxygen atoms in total. The number of ether oxygens (including phenoxy) is 2. The van der Waals surface area contributed by atoms with Crippen molar-refractivity contribution in [3.63, 3.8) is 0 Å². The summed E-state index contributed by atoms with van der Waals surface area (Å²) in [5.41, 5.74) is 14.7. The SMILES string of the molecule is C=CC(=O)OC1=C=C=C=C1OC(=O)C=C.[C]1=C=C=C=[C]1. The molecule has 4 heteroatoms. The number of carbonyl (C=O) groups excluding carboxylic acids is 2. The van der Waals surface area contributed by atoms with Crippen LogP contribution in [0.5, 0.6) is 0 Å². The quantitative estimate of drug-likeness (QED) is 0.440. The Kier molecular flexibility index (Phi) is 5.72. The maximum atomic E-state index is 10.8. The monoisotopic (exact) mass is 262 g/mol. The lowest BCUT2D eigenvalue weighted by atomic mass is 10.4. The van der Waals surface area contributed by atoms with Gasteiger partial charge in [0.15, 0.2) is 0 Å². The second-order valence-electron chi connectivity index (χ2n) is 2.91. The highest BCUT2D eigenvalue weighted by molar-refractivity contribution is 5.84. The van der Waals surface area contributed by atoms with Crippen molar-refractivity contribution in [2.45, 2.75) is 0 Å². The van der Waals surface area contributed by atoms with E-state index in [9.17, 15) is 9.59 Å². The Hall–Kier alpha value is -3.42. The lowest BCUT2D eigenvalue weighted by molar-refractivity contribution is -0.138. The van der Waals surface area contributed by atoms with E-state index in [1.54, 1.807) is 0 Å². The van der Waals surface area contributed by atoms with Crippen molar-refractivity contribution in [2.75, 3.05) is 0 Å². The van der Waals surface area contributed by atoms with Crippen molar-refractivity contribution in [2.24, 2.45) is 0 Å². The molecule has 2 rings (SSSR count). The maximum absolute atomic E-state index is 10.8. The summed E-state index contributed by atoms with van der Waals surface area (Å²) in [5, 5.41) is 0. The molecule has 0 amide bonds.